The van der Waals surface area contributed by atoms with Crippen molar-refractivity contribution in [1.82, 2.24) is 9.47 Å². The fourth-order valence-corrected chi connectivity index (χ4v) is 3.29. The molecule has 0 bridgehead atoms. The maximum Gasteiger partial charge on any atom is 0.123 e. The highest BCUT2D eigenvalue weighted by Crippen LogP contribution is 2.17. The molecule has 1 N–H and O–H groups in total. The van der Waals surface area contributed by atoms with Crippen molar-refractivity contribution in [3.63, 3.8) is 0 Å². The van der Waals surface area contributed by atoms with Crippen molar-refractivity contribution in [1.29, 1.82) is 0 Å². The minimum Gasteiger partial charge on any atom is -0.387 e. The normalized spacial score (nSPS) is 12.4. The van der Waals surface area contributed by atoms with Gasteiger partial charge in [0, 0.05) is 45.2 Å². The van der Waals surface area contributed by atoms with Crippen molar-refractivity contribution in [2.45, 2.75) is 19.2 Å². The van der Waals surface area contributed by atoms with Gasteiger partial charge in [-0.25, -0.2) is 4.39 Å². The van der Waals surface area contributed by atoms with Gasteiger partial charge in [-0.05, 0) is 35.4 Å². The highest BCUT2D eigenvalue weighted by molar-refractivity contribution is 5.20. The van der Waals surface area contributed by atoms with Crippen molar-refractivity contribution in [2.24, 2.45) is 0 Å². The molecule has 0 radical (unpaired) electrons. The van der Waals surface area contributed by atoms with E-state index < -0.39 is 6.10 Å². The molecule has 148 valence electrons. The van der Waals surface area contributed by atoms with E-state index in [-0.39, 0.29) is 5.82 Å². The number of nitrogens with zero attached hydrogens (tertiary/aromatic N) is 2. The van der Waals surface area contributed by atoms with Gasteiger partial charge in [0.1, 0.15) is 5.82 Å². The number of methoxy groups -OCH3 is 1. The average Bonchev–Trinajstić information content (AvgIpc) is 3.13. The molecule has 0 saturated heterocycles. The summed E-state index contributed by atoms with van der Waals surface area (Å²) >= 11 is 0. The van der Waals surface area contributed by atoms with Crippen molar-refractivity contribution >= 4 is 0 Å². The number of ether oxygens (including phenoxy) is 1. The van der Waals surface area contributed by atoms with Crippen LogP contribution in [0, 0.1) is 5.82 Å². The van der Waals surface area contributed by atoms with Crippen LogP contribution < -0.4 is 0 Å². The molecule has 0 fully saturated rings. The summed E-state index contributed by atoms with van der Waals surface area (Å²) in [6.07, 6.45) is 1.44. The first-order chi connectivity index (χ1) is 13.7. The van der Waals surface area contributed by atoms with Gasteiger partial charge in [-0.15, -0.1) is 0 Å². The number of hydrogen-bond donors (Lipinski definition) is 1. The number of hydrogen-bond acceptors (Lipinski definition) is 3. The molecule has 1 aromatic heterocycles. The van der Waals surface area contributed by atoms with Gasteiger partial charge in [-0.1, -0.05) is 42.5 Å². The van der Waals surface area contributed by atoms with E-state index in [1.54, 1.807) is 19.2 Å². The van der Waals surface area contributed by atoms with Crippen molar-refractivity contribution in [2.75, 3.05) is 26.8 Å². The second kappa shape index (κ2) is 10.2. The maximum absolute atomic E-state index is 13.5. The van der Waals surface area contributed by atoms with Crippen LogP contribution in [0.5, 0.6) is 0 Å². The molecule has 3 aromatic rings. The standard InChI is InChI=1S/C23H27FN2O2/c1-28-14-13-25(18-23(27)20-8-3-2-4-9-20)17-22-11-6-12-26(22)16-19-7-5-10-21(24)15-19/h2-12,15,23,27H,13-14,16-18H2,1H3/t23-/m0/s1. The Morgan fingerprint density at radius 1 is 1.07 bits per heavy atom. The minimum atomic E-state index is -0.565. The van der Waals surface area contributed by atoms with Gasteiger partial charge in [-0.2, -0.15) is 0 Å². The van der Waals surface area contributed by atoms with E-state index in [2.05, 4.69) is 15.5 Å². The van der Waals surface area contributed by atoms with Gasteiger partial charge in [-0.3, -0.25) is 4.90 Å². The molecule has 1 heterocycles. The van der Waals surface area contributed by atoms with E-state index in [1.807, 2.05) is 48.7 Å². The minimum absolute atomic E-state index is 0.223. The molecule has 0 amide bonds. The molecule has 0 unspecified atom stereocenters. The fraction of sp³-hybridized carbons (Fsp3) is 0.304. The Balaban J connectivity index is 1.70. The van der Waals surface area contributed by atoms with E-state index in [4.69, 9.17) is 4.74 Å². The fourth-order valence-electron chi connectivity index (χ4n) is 3.29. The summed E-state index contributed by atoms with van der Waals surface area (Å²) in [4.78, 5) is 2.18. The monoisotopic (exact) mass is 382 g/mol. The van der Waals surface area contributed by atoms with Gasteiger partial charge >= 0.3 is 0 Å². The van der Waals surface area contributed by atoms with Crippen LogP contribution in [0.4, 0.5) is 4.39 Å². The van der Waals surface area contributed by atoms with E-state index in [1.165, 1.54) is 6.07 Å². The Hall–Kier alpha value is -2.47. The first-order valence-electron chi connectivity index (χ1n) is 9.48. The molecule has 2 aromatic carbocycles. The van der Waals surface area contributed by atoms with E-state index in [0.29, 0.717) is 32.8 Å². The SMILES string of the molecule is COCCN(Cc1cccn1Cc1cccc(F)c1)C[C@H](O)c1ccccc1. The summed E-state index contributed by atoms with van der Waals surface area (Å²) in [5, 5.41) is 10.6. The number of rotatable bonds is 10. The predicted molar refractivity (Wildman–Crippen MR) is 108 cm³/mol. The molecule has 3 rings (SSSR count). The largest absolute Gasteiger partial charge is 0.387 e. The van der Waals surface area contributed by atoms with Crippen LogP contribution in [0.15, 0.2) is 72.9 Å². The highest BCUT2D eigenvalue weighted by Gasteiger charge is 2.15. The van der Waals surface area contributed by atoms with Gasteiger partial charge in [0.05, 0.1) is 12.7 Å². The van der Waals surface area contributed by atoms with Crippen molar-refractivity contribution in [3.8, 4) is 0 Å². The molecule has 1 atom stereocenters. The van der Waals surface area contributed by atoms with Gasteiger partial charge in [0.25, 0.3) is 0 Å². The summed E-state index contributed by atoms with van der Waals surface area (Å²) in [5.41, 5.74) is 2.94. The lowest BCUT2D eigenvalue weighted by molar-refractivity contribution is 0.0837. The first kappa shape index (κ1) is 20.3. The number of halogens is 1. The second-order valence-corrected chi connectivity index (χ2v) is 6.91. The molecule has 28 heavy (non-hydrogen) atoms. The molecule has 0 saturated carbocycles. The van der Waals surface area contributed by atoms with Crippen LogP contribution >= 0.6 is 0 Å². The summed E-state index contributed by atoms with van der Waals surface area (Å²) < 4.78 is 20.9. The lowest BCUT2D eigenvalue weighted by Crippen LogP contribution is -2.32. The first-order valence-corrected chi connectivity index (χ1v) is 9.48. The maximum atomic E-state index is 13.5. The Morgan fingerprint density at radius 2 is 1.89 bits per heavy atom. The van der Waals surface area contributed by atoms with Gasteiger partial charge in [0.2, 0.25) is 0 Å². The third-order valence-electron chi connectivity index (χ3n) is 4.78. The molecular formula is C23H27FN2O2. The van der Waals surface area contributed by atoms with Crippen LogP contribution in [0.3, 0.4) is 0 Å². The zero-order chi connectivity index (χ0) is 19.8. The summed E-state index contributed by atoms with van der Waals surface area (Å²) in [6.45, 7) is 3.10. The number of aromatic nitrogens is 1. The molecule has 4 nitrogen and oxygen atoms in total. The predicted octanol–water partition coefficient (Wildman–Crippen LogP) is 3.86. The smallest absolute Gasteiger partial charge is 0.123 e. The van der Waals surface area contributed by atoms with E-state index in [0.717, 1.165) is 16.8 Å². The van der Waals surface area contributed by atoms with Gasteiger partial charge < -0.3 is 14.4 Å². The van der Waals surface area contributed by atoms with Crippen LogP contribution in [-0.4, -0.2) is 41.4 Å². The average molecular weight is 382 g/mol. The topological polar surface area (TPSA) is 37.6 Å². The van der Waals surface area contributed by atoms with Crippen molar-refractivity contribution in [3.05, 3.63) is 95.6 Å². The third kappa shape index (κ3) is 5.76. The van der Waals surface area contributed by atoms with Crippen LogP contribution in [-0.2, 0) is 17.8 Å². The quantitative estimate of drug-likeness (QED) is 0.579. The summed E-state index contributed by atoms with van der Waals surface area (Å²) in [7, 11) is 1.68. The third-order valence-corrected chi connectivity index (χ3v) is 4.78. The van der Waals surface area contributed by atoms with E-state index >= 15 is 0 Å². The molecule has 0 aliphatic rings. The Bertz CT molecular complexity index is 851. The molecule has 0 spiro atoms. The van der Waals surface area contributed by atoms with E-state index in [9.17, 15) is 9.50 Å². The molecule has 5 heteroatoms. The van der Waals surface area contributed by atoms with Crippen LogP contribution in [0.1, 0.15) is 22.9 Å². The van der Waals surface area contributed by atoms with Gasteiger partial charge in [0.15, 0.2) is 0 Å². The molecule has 0 aliphatic carbocycles. The Kier molecular flexibility index (Phi) is 7.37. The lowest BCUT2D eigenvalue weighted by Gasteiger charge is -2.25. The van der Waals surface area contributed by atoms with Crippen molar-refractivity contribution < 1.29 is 14.2 Å². The summed E-state index contributed by atoms with van der Waals surface area (Å²) in [5.74, 6) is -0.223. The summed E-state index contributed by atoms with van der Waals surface area (Å²) in [6, 6.07) is 20.4. The number of benzene rings is 2. The number of aliphatic hydroxyl groups is 1. The highest BCUT2D eigenvalue weighted by atomic mass is 19.1. The molecular weight excluding hydrogens is 355 g/mol. The molecule has 0 aliphatic heterocycles. The Morgan fingerprint density at radius 3 is 2.64 bits per heavy atom. The number of aliphatic hydroxyl groups excluding tert-OH is 1. The second-order valence-electron chi connectivity index (χ2n) is 6.91. The lowest BCUT2D eigenvalue weighted by atomic mass is 10.1. The van der Waals surface area contributed by atoms with Crippen LogP contribution in [0.2, 0.25) is 0 Å². The zero-order valence-electron chi connectivity index (χ0n) is 16.2. The Labute approximate surface area is 165 Å². The van der Waals surface area contributed by atoms with Crippen LogP contribution in [0.25, 0.3) is 0 Å². The zero-order valence-corrected chi connectivity index (χ0v) is 16.2.